The highest BCUT2D eigenvalue weighted by Gasteiger charge is 2.01. The number of hydrogen-bond acceptors (Lipinski definition) is 1. The highest BCUT2D eigenvalue weighted by atomic mass is 32.1. The average Bonchev–Trinajstić information content (AvgIpc) is 3.41. The molecule has 0 unspecified atom stereocenters. The van der Waals surface area contributed by atoms with Gasteiger partial charge in [0.1, 0.15) is 0 Å². The van der Waals surface area contributed by atoms with Crippen LogP contribution in [-0.4, -0.2) is 5.75 Å². The minimum Gasteiger partial charge on any atom is -0.179 e. The van der Waals surface area contributed by atoms with Crippen LogP contribution in [0.15, 0.2) is 0 Å². The standard InChI is InChI=1S/C73H148S/c1-2-3-4-5-6-7-8-9-10-11-12-13-14-15-16-17-18-19-20-21-22-23-24-25-26-27-28-29-30-31-32-33-34-35-36-37-38-39-40-41-42-43-44-45-46-47-48-49-50-51-52-53-54-55-56-57-58-59-60-61-62-63-64-65-66-67-68-69-70-71-72-73-74/h74H,2-73H2,1H3. The molecular weight excluding hydrogens is 909 g/mol. The van der Waals surface area contributed by atoms with Crippen LogP contribution in [0, 0.1) is 0 Å². The van der Waals surface area contributed by atoms with Gasteiger partial charge in [0.25, 0.3) is 0 Å². The van der Waals surface area contributed by atoms with Crippen LogP contribution in [0.1, 0.15) is 463 Å². The Morgan fingerprint density at radius 1 is 0.108 bits per heavy atom. The molecule has 74 heavy (non-hydrogen) atoms. The molecule has 1 heteroatoms. The molecule has 0 aromatic rings. The van der Waals surface area contributed by atoms with Gasteiger partial charge in [0, 0.05) is 0 Å². The topological polar surface area (TPSA) is 0 Å². The Hall–Kier alpha value is 0.350. The monoisotopic (exact) mass is 1060 g/mol. The van der Waals surface area contributed by atoms with Crippen molar-refractivity contribution in [1.29, 1.82) is 0 Å². The van der Waals surface area contributed by atoms with Crippen molar-refractivity contribution in [2.45, 2.75) is 463 Å². The molecule has 0 N–H and O–H groups in total. The zero-order chi connectivity index (χ0) is 52.9. The van der Waals surface area contributed by atoms with E-state index in [0.29, 0.717) is 0 Å². The lowest BCUT2D eigenvalue weighted by Gasteiger charge is -2.05. The number of hydrogen-bond donors (Lipinski definition) is 1. The lowest BCUT2D eigenvalue weighted by molar-refractivity contribution is 0.506. The van der Waals surface area contributed by atoms with Gasteiger partial charge in [-0.3, -0.25) is 0 Å². The van der Waals surface area contributed by atoms with Crippen molar-refractivity contribution >= 4 is 12.6 Å². The van der Waals surface area contributed by atoms with Gasteiger partial charge < -0.3 is 0 Å². The van der Waals surface area contributed by atoms with E-state index in [1.165, 1.54) is 456 Å². The van der Waals surface area contributed by atoms with Gasteiger partial charge in [0.2, 0.25) is 0 Å². The first-order valence-electron chi connectivity index (χ1n) is 36.5. The van der Waals surface area contributed by atoms with Crippen molar-refractivity contribution < 1.29 is 0 Å². The summed E-state index contributed by atoms with van der Waals surface area (Å²) in [5.74, 6) is 1.07. The summed E-state index contributed by atoms with van der Waals surface area (Å²) in [5.41, 5.74) is 0. The second-order valence-electron chi connectivity index (χ2n) is 25.5. The molecule has 0 heterocycles. The van der Waals surface area contributed by atoms with Crippen LogP contribution in [0.3, 0.4) is 0 Å². The minimum absolute atomic E-state index is 1.07. The zero-order valence-electron chi connectivity index (χ0n) is 52.4. The van der Waals surface area contributed by atoms with Crippen LogP contribution >= 0.6 is 12.6 Å². The third kappa shape index (κ3) is 72.3. The van der Waals surface area contributed by atoms with Gasteiger partial charge >= 0.3 is 0 Å². The number of unbranched alkanes of at least 4 members (excludes halogenated alkanes) is 70. The largest absolute Gasteiger partial charge is 0.179 e. The molecule has 0 atom stereocenters. The van der Waals surface area contributed by atoms with Crippen LogP contribution in [0.2, 0.25) is 0 Å². The first-order valence-corrected chi connectivity index (χ1v) is 37.2. The predicted molar refractivity (Wildman–Crippen MR) is 347 cm³/mol. The molecular formula is C73H148S. The first kappa shape index (κ1) is 74.3. The molecule has 0 aromatic carbocycles. The summed E-state index contributed by atoms with van der Waals surface area (Å²) in [6, 6.07) is 0. The highest BCUT2D eigenvalue weighted by Crippen LogP contribution is 2.21. The average molecular weight is 1060 g/mol. The molecule has 0 radical (unpaired) electrons. The Kier molecular flexibility index (Phi) is 73.7. The summed E-state index contributed by atoms with van der Waals surface area (Å²) in [7, 11) is 0. The molecule has 0 aliphatic carbocycles. The molecule has 0 bridgehead atoms. The van der Waals surface area contributed by atoms with Crippen molar-refractivity contribution in [3.63, 3.8) is 0 Å². The number of rotatable bonds is 71. The summed E-state index contributed by atoms with van der Waals surface area (Å²) in [5, 5.41) is 0. The molecule has 0 fully saturated rings. The Bertz CT molecular complexity index is 824. The molecule has 0 rings (SSSR count). The molecule has 0 aromatic heterocycles. The SMILES string of the molecule is CCCCCCCCCCCCCCCCCCCCCCCCCCCCCCCCCCCCCCCCCCCCCCCCCCCCCCCCCCCCCCCCCCCCCCCCCS. The van der Waals surface area contributed by atoms with Gasteiger partial charge in [0.05, 0.1) is 0 Å². The zero-order valence-corrected chi connectivity index (χ0v) is 53.3. The van der Waals surface area contributed by atoms with Crippen molar-refractivity contribution in [2.75, 3.05) is 5.75 Å². The summed E-state index contributed by atoms with van der Waals surface area (Å²) in [6.45, 7) is 2.32. The van der Waals surface area contributed by atoms with E-state index in [1.54, 1.807) is 0 Å². The van der Waals surface area contributed by atoms with Crippen molar-refractivity contribution in [2.24, 2.45) is 0 Å². The second-order valence-corrected chi connectivity index (χ2v) is 25.9. The summed E-state index contributed by atoms with van der Waals surface area (Å²) in [6.07, 6.45) is 106. The Balaban J connectivity index is 3.07. The van der Waals surface area contributed by atoms with Crippen LogP contribution in [0.25, 0.3) is 0 Å². The minimum atomic E-state index is 1.07. The molecule has 0 aliphatic rings. The van der Waals surface area contributed by atoms with E-state index in [1.807, 2.05) is 0 Å². The van der Waals surface area contributed by atoms with Gasteiger partial charge in [0.15, 0.2) is 0 Å². The van der Waals surface area contributed by atoms with Crippen LogP contribution in [0.4, 0.5) is 0 Å². The van der Waals surface area contributed by atoms with E-state index in [0.717, 1.165) is 5.75 Å². The van der Waals surface area contributed by atoms with E-state index < -0.39 is 0 Å². The molecule has 0 nitrogen and oxygen atoms in total. The van der Waals surface area contributed by atoms with E-state index in [2.05, 4.69) is 19.6 Å². The fraction of sp³-hybridized carbons (Fsp3) is 1.00. The van der Waals surface area contributed by atoms with E-state index >= 15 is 0 Å². The molecule has 0 saturated carbocycles. The van der Waals surface area contributed by atoms with E-state index in [9.17, 15) is 0 Å². The Morgan fingerprint density at radius 2 is 0.176 bits per heavy atom. The summed E-state index contributed by atoms with van der Waals surface area (Å²) in [4.78, 5) is 0. The molecule has 0 aliphatic heterocycles. The van der Waals surface area contributed by atoms with Crippen molar-refractivity contribution in [3.8, 4) is 0 Å². The fourth-order valence-corrected chi connectivity index (χ4v) is 12.6. The normalized spacial score (nSPS) is 11.8. The smallest absolute Gasteiger partial charge is 0.00979 e. The van der Waals surface area contributed by atoms with Crippen LogP contribution < -0.4 is 0 Å². The third-order valence-electron chi connectivity index (χ3n) is 17.8. The van der Waals surface area contributed by atoms with E-state index in [4.69, 9.17) is 0 Å². The molecule has 0 spiro atoms. The van der Waals surface area contributed by atoms with E-state index in [-0.39, 0.29) is 0 Å². The maximum Gasteiger partial charge on any atom is -0.00979 e. The lowest BCUT2D eigenvalue weighted by atomic mass is 10.0. The molecule has 0 amide bonds. The van der Waals surface area contributed by atoms with Gasteiger partial charge in [-0.05, 0) is 12.2 Å². The van der Waals surface area contributed by atoms with Gasteiger partial charge in [-0.15, -0.1) is 0 Å². The summed E-state index contributed by atoms with van der Waals surface area (Å²) < 4.78 is 0. The highest BCUT2D eigenvalue weighted by molar-refractivity contribution is 7.80. The summed E-state index contributed by atoms with van der Waals surface area (Å²) >= 11 is 4.31. The second kappa shape index (κ2) is 73.3. The van der Waals surface area contributed by atoms with Crippen molar-refractivity contribution in [3.05, 3.63) is 0 Å². The Labute approximate surface area is 478 Å². The predicted octanol–water partition coefficient (Wildman–Crippen LogP) is 28.6. The quantitative estimate of drug-likeness (QED) is 0.0455. The number of thiol groups is 1. The van der Waals surface area contributed by atoms with Gasteiger partial charge in [-0.1, -0.05) is 456 Å². The lowest BCUT2D eigenvalue weighted by Crippen LogP contribution is -1.85. The molecule has 446 valence electrons. The van der Waals surface area contributed by atoms with Gasteiger partial charge in [-0.2, -0.15) is 12.6 Å². The Morgan fingerprint density at radius 3 is 0.243 bits per heavy atom. The van der Waals surface area contributed by atoms with Crippen LogP contribution in [-0.2, 0) is 0 Å². The van der Waals surface area contributed by atoms with Crippen LogP contribution in [0.5, 0.6) is 0 Å². The van der Waals surface area contributed by atoms with Crippen molar-refractivity contribution in [1.82, 2.24) is 0 Å². The van der Waals surface area contributed by atoms with Gasteiger partial charge in [-0.25, -0.2) is 0 Å². The first-order chi connectivity index (χ1) is 36.9. The maximum atomic E-state index is 4.31. The fourth-order valence-electron chi connectivity index (χ4n) is 12.4. The molecule has 0 saturated heterocycles. The third-order valence-corrected chi connectivity index (χ3v) is 18.1. The maximum absolute atomic E-state index is 4.31.